The summed E-state index contributed by atoms with van der Waals surface area (Å²) in [4.78, 5) is 10.7. The second kappa shape index (κ2) is 9.63. The molecule has 25 heavy (non-hydrogen) atoms. The average molecular weight is 387 g/mol. The number of carbonyl (C=O) groups is 1. The van der Waals surface area contributed by atoms with Crippen LogP contribution in [0.25, 0.3) is 0 Å². The third kappa shape index (κ3) is 8.80. The Bertz CT molecular complexity index is 429. The highest BCUT2D eigenvalue weighted by molar-refractivity contribution is 6.74. The summed E-state index contributed by atoms with van der Waals surface area (Å²) in [5.74, 6) is 0. The number of aldehydes is 1. The van der Waals surface area contributed by atoms with Crippen molar-refractivity contribution in [3.63, 3.8) is 0 Å². The molecule has 0 amide bonds. The SMILES string of the molecule is CC(C)(C)[Si](C)(C)OCCCC[C@@H](/C=C\C=O)O[Si](C)(C)C(C)(C)C. The molecule has 0 saturated carbocycles. The van der Waals surface area contributed by atoms with Crippen molar-refractivity contribution in [3.05, 3.63) is 12.2 Å². The normalized spacial score (nSPS) is 15.6. The number of hydrogen-bond acceptors (Lipinski definition) is 3. The van der Waals surface area contributed by atoms with E-state index < -0.39 is 16.6 Å². The second-order valence-corrected chi connectivity index (χ2v) is 19.6. The first-order valence-corrected chi connectivity index (χ1v) is 15.4. The first kappa shape index (κ1) is 24.8. The highest BCUT2D eigenvalue weighted by Gasteiger charge is 2.39. The van der Waals surface area contributed by atoms with Gasteiger partial charge >= 0.3 is 0 Å². The topological polar surface area (TPSA) is 35.5 Å². The molecule has 0 spiro atoms. The Kier molecular flexibility index (Phi) is 9.54. The van der Waals surface area contributed by atoms with Crippen molar-refractivity contribution >= 4 is 22.9 Å². The molecule has 0 rings (SSSR count). The van der Waals surface area contributed by atoms with Gasteiger partial charge in [0, 0.05) is 6.61 Å². The summed E-state index contributed by atoms with van der Waals surface area (Å²) in [6.45, 7) is 23.5. The minimum atomic E-state index is -1.83. The molecule has 0 aliphatic rings. The van der Waals surface area contributed by atoms with E-state index in [1.54, 1.807) is 6.08 Å². The molecule has 0 aromatic rings. The Morgan fingerprint density at radius 2 is 1.40 bits per heavy atom. The van der Waals surface area contributed by atoms with Crippen LogP contribution in [0.5, 0.6) is 0 Å². The molecule has 0 aliphatic carbocycles. The lowest BCUT2D eigenvalue weighted by molar-refractivity contribution is -0.104. The molecule has 0 aromatic carbocycles. The standard InChI is InChI=1S/C20H42O3Si2/c1-19(2,3)24(7,8)22-17-12-11-14-18(15-13-16-21)23-25(9,10)20(4,5)6/h13,15-16,18H,11-12,14,17H2,1-10H3/b15-13-/t18-/m0/s1. The van der Waals surface area contributed by atoms with E-state index in [0.717, 1.165) is 32.2 Å². The Morgan fingerprint density at radius 1 is 0.880 bits per heavy atom. The van der Waals surface area contributed by atoms with Crippen LogP contribution in [-0.4, -0.2) is 35.6 Å². The van der Waals surface area contributed by atoms with Crippen LogP contribution < -0.4 is 0 Å². The average Bonchev–Trinajstić information content (AvgIpc) is 2.41. The monoisotopic (exact) mass is 386 g/mol. The second-order valence-electron chi connectivity index (χ2n) is 10.0. The number of allylic oxidation sites excluding steroid dienone is 1. The lowest BCUT2D eigenvalue weighted by Gasteiger charge is -2.38. The maximum absolute atomic E-state index is 10.7. The van der Waals surface area contributed by atoms with Crippen LogP contribution >= 0.6 is 0 Å². The van der Waals surface area contributed by atoms with Crippen molar-refractivity contribution in [2.45, 2.75) is 103 Å². The maximum atomic E-state index is 10.7. The largest absolute Gasteiger partial charge is 0.417 e. The number of unbranched alkanes of at least 4 members (excludes halogenated alkanes) is 1. The van der Waals surface area contributed by atoms with Gasteiger partial charge in [-0.15, -0.1) is 0 Å². The summed E-state index contributed by atoms with van der Waals surface area (Å²) in [7, 11) is -3.48. The molecule has 0 heterocycles. The zero-order valence-corrected chi connectivity index (χ0v) is 20.4. The summed E-state index contributed by atoms with van der Waals surface area (Å²) in [5.41, 5.74) is 0. The molecule has 5 heteroatoms. The van der Waals surface area contributed by atoms with Gasteiger partial charge in [0.05, 0.1) is 6.10 Å². The van der Waals surface area contributed by atoms with Crippen molar-refractivity contribution < 1.29 is 13.6 Å². The van der Waals surface area contributed by atoms with Gasteiger partial charge in [-0.25, -0.2) is 0 Å². The summed E-state index contributed by atoms with van der Waals surface area (Å²) < 4.78 is 12.7. The van der Waals surface area contributed by atoms with Crippen LogP contribution in [0.2, 0.25) is 36.3 Å². The van der Waals surface area contributed by atoms with Gasteiger partial charge < -0.3 is 8.85 Å². The van der Waals surface area contributed by atoms with Gasteiger partial charge in [-0.3, -0.25) is 4.79 Å². The molecule has 1 atom stereocenters. The molecular formula is C20H42O3Si2. The molecule has 0 radical (unpaired) electrons. The van der Waals surface area contributed by atoms with Crippen LogP contribution in [0.3, 0.4) is 0 Å². The lowest BCUT2D eigenvalue weighted by atomic mass is 10.1. The Morgan fingerprint density at radius 3 is 1.84 bits per heavy atom. The fourth-order valence-electron chi connectivity index (χ4n) is 1.91. The van der Waals surface area contributed by atoms with E-state index in [9.17, 15) is 4.79 Å². The van der Waals surface area contributed by atoms with Crippen molar-refractivity contribution in [3.8, 4) is 0 Å². The van der Waals surface area contributed by atoms with Crippen molar-refractivity contribution in [2.24, 2.45) is 0 Å². The molecule has 0 aliphatic heterocycles. The van der Waals surface area contributed by atoms with Gasteiger partial charge in [-0.1, -0.05) is 47.6 Å². The quantitative estimate of drug-likeness (QED) is 0.191. The predicted molar refractivity (Wildman–Crippen MR) is 114 cm³/mol. The Labute approximate surface area is 158 Å². The van der Waals surface area contributed by atoms with Crippen molar-refractivity contribution in [1.82, 2.24) is 0 Å². The summed E-state index contributed by atoms with van der Waals surface area (Å²) >= 11 is 0. The highest BCUT2D eigenvalue weighted by atomic mass is 28.4. The molecule has 3 nitrogen and oxygen atoms in total. The molecule has 0 fully saturated rings. The van der Waals surface area contributed by atoms with Crippen LogP contribution in [0.15, 0.2) is 12.2 Å². The van der Waals surface area contributed by atoms with Gasteiger partial charge in [-0.2, -0.15) is 0 Å². The minimum Gasteiger partial charge on any atom is -0.417 e. The number of hydrogen-bond donors (Lipinski definition) is 0. The maximum Gasteiger partial charge on any atom is 0.192 e. The molecule has 0 bridgehead atoms. The predicted octanol–water partition coefficient (Wildman–Crippen LogP) is 6.32. The van der Waals surface area contributed by atoms with E-state index in [-0.39, 0.29) is 16.2 Å². The van der Waals surface area contributed by atoms with E-state index in [2.05, 4.69) is 67.7 Å². The van der Waals surface area contributed by atoms with E-state index >= 15 is 0 Å². The smallest absolute Gasteiger partial charge is 0.192 e. The van der Waals surface area contributed by atoms with Crippen LogP contribution in [-0.2, 0) is 13.6 Å². The summed E-state index contributed by atoms with van der Waals surface area (Å²) in [6.07, 6.45) is 7.39. The Hall–Kier alpha value is -0.236. The first-order chi connectivity index (χ1) is 11.1. The minimum absolute atomic E-state index is 0.0268. The number of carbonyl (C=O) groups excluding carboxylic acids is 1. The first-order valence-electron chi connectivity index (χ1n) is 9.58. The fourth-order valence-corrected chi connectivity index (χ4v) is 4.30. The summed E-state index contributed by atoms with van der Waals surface area (Å²) in [6, 6.07) is 0. The fraction of sp³-hybridized carbons (Fsp3) is 0.850. The Balaban J connectivity index is 4.53. The highest BCUT2D eigenvalue weighted by Crippen LogP contribution is 2.38. The zero-order valence-electron chi connectivity index (χ0n) is 18.4. The molecular weight excluding hydrogens is 344 g/mol. The van der Waals surface area contributed by atoms with Crippen LogP contribution in [0.1, 0.15) is 60.8 Å². The van der Waals surface area contributed by atoms with Gasteiger partial charge in [0.25, 0.3) is 0 Å². The molecule has 0 aromatic heterocycles. The van der Waals surface area contributed by atoms with E-state index in [4.69, 9.17) is 8.85 Å². The molecule has 0 unspecified atom stereocenters. The van der Waals surface area contributed by atoms with Gasteiger partial charge in [-0.05, 0) is 61.6 Å². The molecule has 0 N–H and O–H groups in total. The lowest BCUT2D eigenvalue weighted by Crippen LogP contribution is -2.43. The van der Waals surface area contributed by atoms with E-state index in [1.807, 2.05) is 6.08 Å². The summed E-state index contributed by atoms with van der Waals surface area (Å²) in [5, 5.41) is 0.430. The molecule has 148 valence electrons. The van der Waals surface area contributed by atoms with E-state index in [0.29, 0.717) is 0 Å². The van der Waals surface area contributed by atoms with Gasteiger partial charge in [0.2, 0.25) is 0 Å². The van der Waals surface area contributed by atoms with E-state index in [1.165, 1.54) is 0 Å². The zero-order chi connectivity index (χ0) is 19.9. The van der Waals surface area contributed by atoms with Crippen LogP contribution in [0.4, 0.5) is 0 Å². The molecule has 0 saturated heterocycles. The van der Waals surface area contributed by atoms with Crippen molar-refractivity contribution in [1.29, 1.82) is 0 Å². The third-order valence-corrected chi connectivity index (χ3v) is 14.9. The van der Waals surface area contributed by atoms with Crippen molar-refractivity contribution in [2.75, 3.05) is 6.61 Å². The van der Waals surface area contributed by atoms with Gasteiger partial charge in [0.15, 0.2) is 16.6 Å². The third-order valence-electron chi connectivity index (χ3n) is 5.81. The van der Waals surface area contributed by atoms with Gasteiger partial charge in [0.1, 0.15) is 6.29 Å². The van der Waals surface area contributed by atoms with Crippen LogP contribution in [0, 0.1) is 0 Å². The number of rotatable bonds is 10.